The average Bonchev–Trinajstić information content (AvgIpc) is 3.24. The molecule has 2 heterocycles. The van der Waals surface area contributed by atoms with Crippen molar-refractivity contribution in [2.75, 3.05) is 39.5 Å². The molecule has 1 aliphatic rings. The monoisotopic (exact) mass is 400 g/mol. The van der Waals surface area contributed by atoms with Gasteiger partial charge in [-0.1, -0.05) is 42.5 Å². The van der Waals surface area contributed by atoms with Gasteiger partial charge in [0, 0.05) is 25.2 Å². The van der Waals surface area contributed by atoms with Crippen molar-refractivity contribution in [2.24, 2.45) is 0 Å². The van der Waals surface area contributed by atoms with Crippen molar-refractivity contribution in [1.29, 1.82) is 0 Å². The quantitative estimate of drug-likeness (QED) is 0.462. The molecule has 0 aliphatic carbocycles. The van der Waals surface area contributed by atoms with Gasteiger partial charge < -0.3 is 13.9 Å². The van der Waals surface area contributed by atoms with E-state index in [1.165, 1.54) is 0 Å². The zero-order valence-corrected chi connectivity index (χ0v) is 16.8. The third-order valence-electron chi connectivity index (χ3n) is 5.36. The van der Waals surface area contributed by atoms with E-state index >= 15 is 0 Å². The molecule has 1 aliphatic heterocycles. The summed E-state index contributed by atoms with van der Waals surface area (Å²) in [6.07, 6.45) is 0. The van der Waals surface area contributed by atoms with Gasteiger partial charge in [-0.05, 0) is 41.5 Å². The van der Waals surface area contributed by atoms with Crippen LogP contribution in [0.5, 0.6) is 5.75 Å². The Labute approximate surface area is 175 Å². The molecular formula is C25H24N2O3. The Morgan fingerprint density at radius 2 is 1.67 bits per heavy atom. The number of rotatable bonds is 6. The summed E-state index contributed by atoms with van der Waals surface area (Å²) >= 11 is 0. The van der Waals surface area contributed by atoms with Gasteiger partial charge >= 0.3 is 0 Å². The Hall–Kier alpha value is -3.15. The third-order valence-corrected chi connectivity index (χ3v) is 5.36. The molecule has 0 spiro atoms. The van der Waals surface area contributed by atoms with Crippen LogP contribution in [0.4, 0.5) is 0 Å². The van der Waals surface area contributed by atoms with E-state index in [4.69, 9.17) is 13.9 Å². The number of morpholine rings is 1. The smallest absolute Gasteiger partial charge is 0.227 e. The lowest BCUT2D eigenvalue weighted by Crippen LogP contribution is -2.38. The lowest BCUT2D eigenvalue weighted by atomic mass is 10.1. The SMILES string of the molecule is c1ccc(-c2ccc3nc(-c4cccc(OCCN5CCOCC5)c4)oc3c2)cc1. The maximum atomic E-state index is 6.08. The molecule has 1 aromatic heterocycles. The fourth-order valence-corrected chi connectivity index (χ4v) is 3.69. The van der Waals surface area contributed by atoms with Gasteiger partial charge in [-0.25, -0.2) is 4.98 Å². The second-order valence-electron chi connectivity index (χ2n) is 7.40. The number of nitrogens with zero attached hydrogens (tertiary/aromatic N) is 2. The minimum atomic E-state index is 0.605. The zero-order valence-electron chi connectivity index (χ0n) is 16.8. The highest BCUT2D eigenvalue weighted by atomic mass is 16.5. The molecule has 0 saturated carbocycles. The molecule has 0 amide bonds. The summed E-state index contributed by atoms with van der Waals surface area (Å²) in [5.74, 6) is 1.43. The highest BCUT2D eigenvalue weighted by Gasteiger charge is 2.12. The molecule has 1 saturated heterocycles. The number of benzene rings is 3. The van der Waals surface area contributed by atoms with Gasteiger partial charge in [0.2, 0.25) is 5.89 Å². The molecule has 5 nitrogen and oxygen atoms in total. The molecule has 152 valence electrons. The van der Waals surface area contributed by atoms with Crippen LogP contribution in [-0.4, -0.2) is 49.3 Å². The molecule has 4 aromatic rings. The third kappa shape index (κ3) is 4.22. The van der Waals surface area contributed by atoms with Crippen LogP contribution in [0, 0.1) is 0 Å². The summed E-state index contributed by atoms with van der Waals surface area (Å²) in [6.45, 7) is 5.10. The van der Waals surface area contributed by atoms with Crippen LogP contribution in [0.1, 0.15) is 0 Å². The number of hydrogen-bond acceptors (Lipinski definition) is 5. The van der Waals surface area contributed by atoms with Crippen molar-refractivity contribution < 1.29 is 13.9 Å². The molecule has 3 aromatic carbocycles. The van der Waals surface area contributed by atoms with Crippen LogP contribution in [0.2, 0.25) is 0 Å². The maximum absolute atomic E-state index is 6.08. The predicted molar refractivity (Wildman–Crippen MR) is 118 cm³/mol. The molecule has 5 heteroatoms. The molecular weight excluding hydrogens is 376 g/mol. The lowest BCUT2D eigenvalue weighted by Gasteiger charge is -2.26. The fourth-order valence-electron chi connectivity index (χ4n) is 3.69. The first kappa shape index (κ1) is 18.9. The van der Waals surface area contributed by atoms with Crippen LogP contribution in [-0.2, 0) is 4.74 Å². The molecule has 0 N–H and O–H groups in total. The number of aromatic nitrogens is 1. The molecule has 1 fully saturated rings. The topological polar surface area (TPSA) is 47.7 Å². The number of oxazole rings is 1. The Kier molecular flexibility index (Phi) is 5.46. The van der Waals surface area contributed by atoms with Crippen molar-refractivity contribution in [3.05, 3.63) is 72.8 Å². The van der Waals surface area contributed by atoms with Gasteiger partial charge in [-0.3, -0.25) is 4.90 Å². The summed E-state index contributed by atoms with van der Waals surface area (Å²) in [5, 5.41) is 0. The highest BCUT2D eigenvalue weighted by molar-refractivity contribution is 5.82. The minimum Gasteiger partial charge on any atom is -0.492 e. The second kappa shape index (κ2) is 8.69. The van der Waals surface area contributed by atoms with Crippen LogP contribution >= 0.6 is 0 Å². The van der Waals surface area contributed by atoms with Gasteiger partial charge in [-0.15, -0.1) is 0 Å². The van der Waals surface area contributed by atoms with Gasteiger partial charge in [-0.2, -0.15) is 0 Å². The lowest BCUT2D eigenvalue weighted by molar-refractivity contribution is 0.0322. The van der Waals surface area contributed by atoms with Crippen LogP contribution in [0.3, 0.4) is 0 Å². The van der Waals surface area contributed by atoms with E-state index in [0.717, 1.165) is 66.4 Å². The Morgan fingerprint density at radius 1 is 0.833 bits per heavy atom. The number of fused-ring (bicyclic) bond motifs is 1. The van der Waals surface area contributed by atoms with Crippen LogP contribution in [0.25, 0.3) is 33.7 Å². The van der Waals surface area contributed by atoms with E-state index < -0.39 is 0 Å². The Balaban J connectivity index is 1.31. The Morgan fingerprint density at radius 3 is 2.53 bits per heavy atom. The van der Waals surface area contributed by atoms with Crippen LogP contribution < -0.4 is 4.74 Å². The van der Waals surface area contributed by atoms with Crippen molar-refractivity contribution in [3.8, 4) is 28.3 Å². The van der Waals surface area contributed by atoms with Crippen molar-refractivity contribution in [1.82, 2.24) is 9.88 Å². The van der Waals surface area contributed by atoms with E-state index in [1.54, 1.807) is 0 Å². The number of hydrogen-bond donors (Lipinski definition) is 0. The van der Waals surface area contributed by atoms with Crippen molar-refractivity contribution >= 4 is 11.1 Å². The molecule has 5 rings (SSSR count). The van der Waals surface area contributed by atoms with Gasteiger partial charge in [0.1, 0.15) is 17.9 Å². The minimum absolute atomic E-state index is 0.605. The summed E-state index contributed by atoms with van der Waals surface area (Å²) in [6, 6.07) is 24.3. The summed E-state index contributed by atoms with van der Waals surface area (Å²) in [5.41, 5.74) is 4.82. The predicted octanol–water partition coefficient (Wildman–Crippen LogP) is 4.87. The summed E-state index contributed by atoms with van der Waals surface area (Å²) < 4.78 is 17.4. The second-order valence-corrected chi connectivity index (χ2v) is 7.40. The van der Waals surface area contributed by atoms with E-state index in [2.05, 4.69) is 28.1 Å². The largest absolute Gasteiger partial charge is 0.492 e. The standard InChI is InChI=1S/C25H24N2O3/c1-2-5-19(6-3-1)20-9-10-23-24(18-20)30-25(26-23)21-7-4-8-22(17-21)29-16-13-27-11-14-28-15-12-27/h1-10,17-18H,11-16H2. The normalized spacial score (nSPS) is 14.8. The number of ether oxygens (including phenoxy) is 2. The van der Waals surface area contributed by atoms with Crippen molar-refractivity contribution in [3.63, 3.8) is 0 Å². The van der Waals surface area contributed by atoms with E-state index in [9.17, 15) is 0 Å². The zero-order chi connectivity index (χ0) is 20.2. The van der Waals surface area contributed by atoms with E-state index in [1.807, 2.05) is 54.6 Å². The first-order valence-corrected chi connectivity index (χ1v) is 10.3. The fraction of sp³-hybridized carbons (Fsp3) is 0.240. The molecule has 0 bridgehead atoms. The summed E-state index contributed by atoms with van der Waals surface area (Å²) in [4.78, 5) is 7.03. The van der Waals surface area contributed by atoms with Gasteiger partial charge in [0.15, 0.2) is 5.58 Å². The maximum Gasteiger partial charge on any atom is 0.227 e. The molecule has 0 radical (unpaired) electrons. The van der Waals surface area contributed by atoms with Crippen molar-refractivity contribution in [2.45, 2.75) is 0 Å². The first-order valence-electron chi connectivity index (χ1n) is 10.3. The Bertz CT molecular complexity index is 1120. The molecule has 0 atom stereocenters. The van der Waals surface area contributed by atoms with Crippen LogP contribution in [0.15, 0.2) is 77.2 Å². The van der Waals surface area contributed by atoms with E-state index in [0.29, 0.717) is 12.5 Å². The average molecular weight is 400 g/mol. The molecule has 30 heavy (non-hydrogen) atoms. The van der Waals surface area contributed by atoms with Gasteiger partial charge in [0.25, 0.3) is 0 Å². The van der Waals surface area contributed by atoms with E-state index in [-0.39, 0.29) is 0 Å². The van der Waals surface area contributed by atoms with Gasteiger partial charge in [0.05, 0.1) is 13.2 Å². The molecule has 0 unspecified atom stereocenters. The summed E-state index contributed by atoms with van der Waals surface area (Å²) in [7, 11) is 0. The first-order chi connectivity index (χ1) is 14.8. The highest BCUT2D eigenvalue weighted by Crippen LogP contribution is 2.30.